The van der Waals surface area contributed by atoms with Gasteiger partial charge in [0.2, 0.25) is 0 Å². The summed E-state index contributed by atoms with van der Waals surface area (Å²) in [7, 11) is -2.41. The first-order valence-corrected chi connectivity index (χ1v) is 12.3. The maximum absolute atomic E-state index is 4.49. The Balaban J connectivity index is 1.92. The lowest BCUT2D eigenvalue weighted by Crippen LogP contribution is -2.74. The number of benzene rings is 4. The zero-order chi connectivity index (χ0) is 18.8. The normalized spacial score (nSPS) is 11.6. The topological polar surface area (TPSA) is 12.9 Å². The molecular formula is C25H19NSSi. The number of nitrogens with zero attached hydrogens (tertiary/aromatic N) is 1. The third-order valence-corrected chi connectivity index (χ3v) is 11.0. The predicted octanol–water partition coefficient (Wildman–Crippen LogP) is 3.67. The molecule has 0 radical (unpaired) electrons. The molecule has 0 spiro atoms. The molecule has 0 bridgehead atoms. The molecule has 1 aromatic heterocycles. The first-order chi connectivity index (χ1) is 13.9. The average Bonchev–Trinajstić information content (AvgIpc) is 3.25. The van der Waals surface area contributed by atoms with E-state index in [1.54, 1.807) is 11.3 Å². The van der Waals surface area contributed by atoms with Gasteiger partial charge in [-0.2, -0.15) is 0 Å². The fourth-order valence-corrected chi connectivity index (χ4v) is 9.75. The fraction of sp³-hybridized carbons (Fsp3) is 0. The van der Waals surface area contributed by atoms with Crippen LogP contribution in [0.1, 0.15) is 0 Å². The van der Waals surface area contributed by atoms with Gasteiger partial charge in [0.05, 0.1) is 15.7 Å². The Morgan fingerprint density at radius 2 is 1.04 bits per heavy atom. The maximum Gasteiger partial charge on any atom is 0.179 e. The van der Waals surface area contributed by atoms with Crippen LogP contribution in [-0.2, 0) is 0 Å². The molecule has 5 aromatic rings. The molecule has 5 rings (SSSR count). The summed E-state index contributed by atoms with van der Waals surface area (Å²) in [5.74, 6) is 0. The number of aromatic nitrogens is 1. The Labute approximate surface area is 170 Å². The lowest BCUT2D eigenvalue weighted by molar-refractivity contribution is 1.50. The Morgan fingerprint density at radius 1 is 0.536 bits per heavy atom. The number of fused-ring (bicyclic) bond motifs is 1. The van der Waals surface area contributed by atoms with E-state index >= 15 is 0 Å². The molecule has 0 saturated heterocycles. The van der Waals surface area contributed by atoms with Gasteiger partial charge in [0, 0.05) is 0 Å². The number of thiazole rings is 1. The fourth-order valence-electron chi connectivity index (χ4n) is 4.15. The molecule has 0 saturated carbocycles. The summed E-state index contributed by atoms with van der Waals surface area (Å²) < 4.78 is 1.25. The monoisotopic (exact) mass is 393 g/mol. The van der Waals surface area contributed by atoms with E-state index in [4.69, 9.17) is 0 Å². The van der Waals surface area contributed by atoms with Gasteiger partial charge >= 0.3 is 0 Å². The summed E-state index contributed by atoms with van der Waals surface area (Å²) in [5.41, 5.74) is 3.01. The average molecular weight is 394 g/mol. The van der Waals surface area contributed by atoms with E-state index in [0.717, 1.165) is 5.52 Å². The molecule has 3 heteroatoms. The Kier molecular flexibility index (Phi) is 4.39. The molecule has 28 heavy (non-hydrogen) atoms. The third kappa shape index (κ3) is 2.71. The molecule has 1 nitrogen and oxygen atoms in total. The van der Waals surface area contributed by atoms with Crippen molar-refractivity contribution >= 4 is 50.4 Å². The number of rotatable bonds is 4. The maximum atomic E-state index is 4.49. The van der Waals surface area contributed by atoms with Crippen LogP contribution in [0.3, 0.4) is 0 Å². The van der Waals surface area contributed by atoms with E-state index in [1.165, 1.54) is 25.4 Å². The molecule has 0 aliphatic carbocycles. The highest BCUT2D eigenvalue weighted by molar-refractivity contribution is 7.21. The minimum absolute atomic E-state index is 1.07. The van der Waals surface area contributed by atoms with Crippen LogP contribution in [0.15, 0.2) is 115 Å². The van der Waals surface area contributed by atoms with Crippen LogP contribution in [0.5, 0.6) is 0 Å². The molecule has 0 aliphatic heterocycles. The van der Waals surface area contributed by atoms with E-state index in [-0.39, 0.29) is 0 Å². The Hall–Kier alpha value is -3.01. The Bertz CT molecular complexity index is 1100. The lowest BCUT2D eigenvalue weighted by Gasteiger charge is -2.34. The van der Waals surface area contributed by atoms with Gasteiger partial charge in [0.1, 0.15) is 0 Å². The molecule has 0 N–H and O–H groups in total. The van der Waals surface area contributed by atoms with Gasteiger partial charge in [-0.3, -0.25) is 0 Å². The van der Waals surface area contributed by atoms with Crippen LogP contribution >= 0.6 is 11.3 Å². The van der Waals surface area contributed by atoms with E-state index < -0.39 is 8.07 Å². The molecule has 0 fully saturated rings. The molecule has 0 amide bonds. The highest BCUT2D eigenvalue weighted by Gasteiger charge is 2.41. The van der Waals surface area contributed by atoms with E-state index in [0.29, 0.717) is 0 Å². The molecule has 1 heterocycles. The van der Waals surface area contributed by atoms with Gasteiger partial charge < -0.3 is 0 Å². The molecule has 0 atom stereocenters. The van der Waals surface area contributed by atoms with Crippen molar-refractivity contribution in [3.05, 3.63) is 115 Å². The van der Waals surface area contributed by atoms with Crippen molar-refractivity contribution in [3.63, 3.8) is 0 Å². The van der Waals surface area contributed by atoms with Crippen molar-refractivity contribution in [2.75, 3.05) is 0 Å². The van der Waals surface area contributed by atoms with Crippen molar-refractivity contribution in [3.8, 4) is 0 Å². The summed E-state index contributed by atoms with van der Waals surface area (Å²) >= 11 is 1.71. The van der Waals surface area contributed by atoms with Gasteiger partial charge in [0.25, 0.3) is 0 Å². The molecule has 134 valence electrons. The van der Waals surface area contributed by atoms with Crippen LogP contribution in [0.4, 0.5) is 0 Å². The minimum atomic E-state index is -2.41. The van der Waals surface area contributed by atoms with Gasteiger partial charge in [-0.05, 0) is 32.9 Å². The summed E-state index contributed by atoms with van der Waals surface area (Å²) in [4.78, 5) is 4.49. The summed E-state index contributed by atoms with van der Waals surface area (Å²) in [5, 5.41) is 5.59. The summed E-state index contributed by atoms with van der Waals surface area (Å²) in [6.45, 7) is 0. The van der Waals surface area contributed by atoms with E-state index in [1.807, 2.05) is 5.51 Å². The van der Waals surface area contributed by atoms with Crippen LogP contribution in [0, 0.1) is 0 Å². The predicted molar refractivity (Wildman–Crippen MR) is 123 cm³/mol. The van der Waals surface area contributed by atoms with Crippen LogP contribution in [0.2, 0.25) is 0 Å². The highest BCUT2D eigenvalue weighted by Crippen LogP contribution is 2.18. The molecule has 0 unspecified atom stereocenters. The van der Waals surface area contributed by atoms with E-state index in [2.05, 4.69) is 114 Å². The zero-order valence-electron chi connectivity index (χ0n) is 15.3. The molecule has 4 aromatic carbocycles. The van der Waals surface area contributed by atoms with E-state index in [9.17, 15) is 0 Å². The quantitative estimate of drug-likeness (QED) is 0.335. The van der Waals surface area contributed by atoms with Gasteiger partial charge in [-0.1, -0.05) is 97.1 Å². The van der Waals surface area contributed by atoms with Crippen molar-refractivity contribution in [2.24, 2.45) is 0 Å². The summed E-state index contributed by atoms with van der Waals surface area (Å²) in [6.07, 6.45) is 0. The largest absolute Gasteiger partial charge is 0.245 e. The smallest absolute Gasteiger partial charge is 0.179 e. The van der Waals surface area contributed by atoms with Gasteiger partial charge in [-0.15, -0.1) is 11.3 Å². The second-order valence-corrected chi connectivity index (χ2v) is 11.6. The second kappa shape index (κ2) is 7.19. The SMILES string of the molecule is c1ccc([Si](c2ccccc2)(c2ccccc2)c2ccc3ncsc3c2)cc1. The van der Waals surface area contributed by atoms with Gasteiger partial charge in [-0.25, -0.2) is 4.98 Å². The summed E-state index contributed by atoms with van der Waals surface area (Å²) in [6, 6.07) is 39.9. The standard InChI is InChI=1S/C25H19NSSi/c1-4-10-20(11-5-1)28(21-12-6-2-7-13-21,22-14-8-3-9-15-22)23-16-17-24-25(18-23)27-19-26-24/h1-19H. The third-order valence-electron chi connectivity index (χ3n) is 5.38. The van der Waals surface area contributed by atoms with Crippen molar-refractivity contribution in [2.45, 2.75) is 0 Å². The van der Waals surface area contributed by atoms with Crippen LogP contribution in [0.25, 0.3) is 10.2 Å². The van der Waals surface area contributed by atoms with Crippen molar-refractivity contribution in [1.29, 1.82) is 0 Å². The first-order valence-electron chi connectivity index (χ1n) is 9.39. The second-order valence-electron chi connectivity index (χ2n) is 6.88. The van der Waals surface area contributed by atoms with Crippen molar-refractivity contribution < 1.29 is 0 Å². The van der Waals surface area contributed by atoms with Crippen molar-refractivity contribution in [1.82, 2.24) is 4.98 Å². The molecule has 0 aliphatic rings. The van der Waals surface area contributed by atoms with Crippen LogP contribution < -0.4 is 20.7 Å². The number of hydrogen-bond donors (Lipinski definition) is 0. The molecular weight excluding hydrogens is 374 g/mol. The number of hydrogen-bond acceptors (Lipinski definition) is 2. The zero-order valence-corrected chi connectivity index (χ0v) is 17.1. The van der Waals surface area contributed by atoms with Crippen LogP contribution in [-0.4, -0.2) is 13.1 Å². The highest BCUT2D eigenvalue weighted by atomic mass is 32.1. The minimum Gasteiger partial charge on any atom is -0.245 e. The van der Waals surface area contributed by atoms with Gasteiger partial charge in [0.15, 0.2) is 8.07 Å². The first kappa shape index (κ1) is 17.1. The lowest BCUT2D eigenvalue weighted by atomic mass is 10.3. The Morgan fingerprint density at radius 3 is 1.54 bits per heavy atom.